The van der Waals surface area contributed by atoms with Crippen LogP contribution in [0.3, 0.4) is 0 Å². The lowest BCUT2D eigenvalue weighted by atomic mass is 10.00. The largest absolute Gasteiger partial charge is 0.347 e. The Morgan fingerprint density at radius 2 is 2.00 bits per heavy atom. The Labute approximate surface area is 164 Å². The fraction of sp³-hybridized carbons (Fsp3) is 0.429. The van der Waals surface area contributed by atoms with Gasteiger partial charge in [-0.15, -0.1) is 0 Å². The average Bonchev–Trinajstić information content (AvgIpc) is 3.15. The number of benzene rings is 1. The van der Waals surface area contributed by atoms with Crippen LogP contribution in [0.15, 0.2) is 36.7 Å². The quantitative estimate of drug-likeness (QED) is 0.738. The molecule has 146 valence electrons. The summed E-state index contributed by atoms with van der Waals surface area (Å²) in [7, 11) is 0. The maximum atomic E-state index is 12.8. The Kier molecular flexibility index (Phi) is 5.09. The lowest BCUT2D eigenvalue weighted by Gasteiger charge is -2.31. The molecule has 0 saturated heterocycles. The average molecular weight is 378 g/mol. The van der Waals surface area contributed by atoms with Crippen molar-refractivity contribution in [3.63, 3.8) is 0 Å². The van der Waals surface area contributed by atoms with E-state index in [1.54, 1.807) is 4.52 Å². The van der Waals surface area contributed by atoms with Crippen molar-refractivity contribution in [3.8, 4) is 0 Å². The van der Waals surface area contributed by atoms with Gasteiger partial charge < -0.3 is 5.32 Å². The molecule has 1 atom stereocenters. The van der Waals surface area contributed by atoms with Gasteiger partial charge in [0.2, 0.25) is 0 Å². The van der Waals surface area contributed by atoms with Crippen LogP contribution in [0, 0.1) is 0 Å². The number of carbonyl (C=O) groups excluding carboxylic acids is 1. The summed E-state index contributed by atoms with van der Waals surface area (Å²) in [6.07, 6.45) is 2.52. The van der Waals surface area contributed by atoms with E-state index in [-0.39, 0.29) is 17.9 Å². The van der Waals surface area contributed by atoms with Crippen LogP contribution < -0.4 is 5.32 Å². The number of rotatable bonds is 5. The van der Waals surface area contributed by atoms with E-state index in [0.29, 0.717) is 11.5 Å². The van der Waals surface area contributed by atoms with E-state index in [4.69, 9.17) is 0 Å². The highest BCUT2D eigenvalue weighted by molar-refractivity contribution is 5.93. The van der Waals surface area contributed by atoms with Crippen LogP contribution in [-0.2, 0) is 13.0 Å². The van der Waals surface area contributed by atoms with Gasteiger partial charge in [-0.2, -0.15) is 10.1 Å². The molecule has 7 heteroatoms. The number of amides is 1. The Morgan fingerprint density at radius 1 is 1.21 bits per heavy atom. The second-order valence-corrected chi connectivity index (χ2v) is 7.82. The number of carbonyl (C=O) groups is 1. The first-order chi connectivity index (χ1) is 13.5. The Bertz CT molecular complexity index is 995. The summed E-state index contributed by atoms with van der Waals surface area (Å²) in [5.74, 6) is 0.499. The molecule has 0 saturated carbocycles. The summed E-state index contributed by atoms with van der Waals surface area (Å²) in [6, 6.07) is 10.4. The van der Waals surface area contributed by atoms with Crippen LogP contribution in [0.4, 0.5) is 0 Å². The van der Waals surface area contributed by atoms with Crippen LogP contribution in [0.2, 0.25) is 0 Å². The molecule has 7 nitrogen and oxygen atoms in total. The second-order valence-electron chi connectivity index (χ2n) is 7.82. The molecule has 1 aromatic carbocycles. The maximum Gasteiger partial charge on any atom is 0.270 e. The third-order valence-corrected chi connectivity index (χ3v) is 5.22. The van der Waals surface area contributed by atoms with Crippen molar-refractivity contribution < 1.29 is 4.79 Å². The van der Waals surface area contributed by atoms with Crippen molar-refractivity contribution in [1.29, 1.82) is 0 Å². The molecule has 0 spiro atoms. The van der Waals surface area contributed by atoms with Gasteiger partial charge in [-0.3, -0.25) is 9.69 Å². The summed E-state index contributed by atoms with van der Waals surface area (Å²) in [5, 5.41) is 7.29. The van der Waals surface area contributed by atoms with Gasteiger partial charge in [0, 0.05) is 25.7 Å². The van der Waals surface area contributed by atoms with Crippen molar-refractivity contribution in [2.75, 3.05) is 13.1 Å². The van der Waals surface area contributed by atoms with Gasteiger partial charge in [0.1, 0.15) is 12.0 Å². The van der Waals surface area contributed by atoms with Crippen LogP contribution in [0.25, 0.3) is 5.78 Å². The van der Waals surface area contributed by atoms with Crippen molar-refractivity contribution >= 4 is 11.7 Å². The number of nitrogens with one attached hydrogen (secondary N) is 1. The summed E-state index contributed by atoms with van der Waals surface area (Å²) in [6.45, 7) is 8.92. The van der Waals surface area contributed by atoms with Gasteiger partial charge in [-0.05, 0) is 36.5 Å². The van der Waals surface area contributed by atoms with E-state index < -0.39 is 0 Å². The lowest BCUT2D eigenvalue weighted by Crippen LogP contribution is -2.43. The van der Waals surface area contributed by atoms with Gasteiger partial charge >= 0.3 is 0 Å². The smallest absolute Gasteiger partial charge is 0.270 e. The highest BCUT2D eigenvalue weighted by Gasteiger charge is 2.20. The van der Waals surface area contributed by atoms with E-state index in [1.165, 1.54) is 17.5 Å². The topological polar surface area (TPSA) is 75.4 Å². The van der Waals surface area contributed by atoms with Gasteiger partial charge in [-0.1, -0.05) is 38.1 Å². The predicted molar refractivity (Wildman–Crippen MR) is 107 cm³/mol. The van der Waals surface area contributed by atoms with Crippen molar-refractivity contribution in [2.45, 2.75) is 45.7 Å². The van der Waals surface area contributed by atoms with E-state index in [9.17, 15) is 4.79 Å². The van der Waals surface area contributed by atoms with Crippen molar-refractivity contribution in [2.24, 2.45) is 0 Å². The number of fused-ring (bicyclic) bond motifs is 2. The minimum atomic E-state index is -0.169. The van der Waals surface area contributed by atoms with Crippen LogP contribution in [0.1, 0.15) is 54.0 Å². The van der Waals surface area contributed by atoms with Crippen molar-refractivity contribution in [1.82, 2.24) is 29.8 Å². The standard InChI is InChI=1S/C21H26N6O/c1-14(2)19-10-18(25-21-22-13-23-27(19)21)20(28)24-15(3)11-26-9-8-16-6-4-5-7-17(16)12-26/h4-7,10,13-15H,8-9,11-12H2,1-3H3,(H,24,28)/t15-/m0/s1. The highest BCUT2D eigenvalue weighted by atomic mass is 16.1. The zero-order chi connectivity index (χ0) is 19.7. The number of aromatic nitrogens is 4. The lowest BCUT2D eigenvalue weighted by molar-refractivity contribution is 0.0922. The third-order valence-electron chi connectivity index (χ3n) is 5.22. The van der Waals surface area contributed by atoms with Crippen LogP contribution in [0.5, 0.6) is 0 Å². The summed E-state index contributed by atoms with van der Waals surface area (Å²) < 4.78 is 1.69. The first-order valence-electron chi connectivity index (χ1n) is 9.82. The van der Waals surface area contributed by atoms with E-state index in [0.717, 1.165) is 31.7 Å². The SMILES string of the molecule is CC(C)c1cc(C(=O)N[C@@H](C)CN2CCc3ccccc3C2)nc2ncnn12. The van der Waals surface area contributed by atoms with Crippen LogP contribution in [-0.4, -0.2) is 49.5 Å². The first-order valence-corrected chi connectivity index (χ1v) is 9.82. The van der Waals surface area contributed by atoms with E-state index in [2.05, 4.69) is 63.4 Å². The first kappa shape index (κ1) is 18.6. The Balaban J connectivity index is 1.43. The molecule has 28 heavy (non-hydrogen) atoms. The molecule has 3 heterocycles. The fourth-order valence-electron chi connectivity index (χ4n) is 3.80. The molecule has 1 amide bonds. The van der Waals surface area contributed by atoms with Gasteiger partial charge in [-0.25, -0.2) is 9.50 Å². The summed E-state index contributed by atoms with van der Waals surface area (Å²) in [5.41, 5.74) is 4.13. The predicted octanol–water partition coefficient (Wildman–Crippen LogP) is 2.42. The number of nitrogens with zero attached hydrogens (tertiary/aromatic N) is 5. The molecule has 3 aromatic rings. The molecular weight excluding hydrogens is 352 g/mol. The molecule has 0 radical (unpaired) electrons. The summed E-state index contributed by atoms with van der Waals surface area (Å²) in [4.78, 5) is 23.7. The molecule has 4 rings (SSSR count). The Morgan fingerprint density at radius 3 is 2.79 bits per heavy atom. The van der Waals surface area contributed by atoms with Gasteiger partial charge in [0.25, 0.3) is 11.7 Å². The number of hydrogen-bond donors (Lipinski definition) is 1. The van der Waals surface area contributed by atoms with Crippen molar-refractivity contribution in [3.05, 3.63) is 59.2 Å². The third kappa shape index (κ3) is 3.75. The van der Waals surface area contributed by atoms with Gasteiger partial charge in [0.15, 0.2) is 0 Å². The monoisotopic (exact) mass is 378 g/mol. The zero-order valence-corrected chi connectivity index (χ0v) is 16.6. The summed E-state index contributed by atoms with van der Waals surface area (Å²) >= 11 is 0. The second kappa shape index (κ2) is 7.67. The minimum Gasteiger partial charge on any atom is -0.347 e. The van der Waals surface area contributed by atoms with Gasteiger partial charge in [0.05, 0.1) is 5.69 Å². The molecule has 0 aliphatic carbocycles. The Hall–Kier alpha value is -2.80. The van der Waals surface area contributed by atoms with E-state index >= 15 is 0 Å². The maximum absolute atomic E-state index is 12.8. The molecule has 1 N–H and O–H groups in total. The van der Waals surface area contributed by atoms with Crippen LogP contribution >= 0.6 is 0 Å². The molecule has 0 unspecified atom stereocenters. The molecule has 0 fully saturated rings. The number of hydrogen-bond acceptors (Lipinski definition) is 5. The zero-order valence-electron chi connectivity index (χ0n) is 16.6. The minimum absolute atomic E-state index is 0.0242. The molecule has 1 aliphatic rings. The molecule has 0 bridgehead atoms. The highest BCUT2D eigenvalue weighted by Crippen LogP contribution is 2.19. The molecular formula is C21H26N6O. The van der Waals surface area contributed by atoms with E-state index in [1.807, 2.05) is 13.0 Å². The molecule has 2 aromatic heterocycles. The molecule has 1 aliphatic heterocycles. The normalized spacial score (nSPS) is 15.6. The fourth-order valence-corrected chi connectivity index (χ4v) is 3.80.